The third-order valence-electron chi connectivity index (χ3n) is 5.37. The summed E-state index contributed by atoms with van der Waals surface area (Å²) >= 11 is 0. The van der Waals surface area contributed by atoms with Gasteiger partial charge >= 0.3 is 12.0 Å². The second kappa shape index (κ2) is 7.96. The van der Waals surface area contributed by atoms with Gasteiger partial charge in [-0.1, -0.05) is 12.1 Å². The molecule has 8 heteroatoms. The zero-order valence-electron chi connectivity index (χ0n) is 15.3. The zero-order valence-corrected chi connectivity index (χ0v) is 15.3. The van der Waals surface area contributed by atoms with Gasteiger partial charge in [0, 0.05) is 31.6 Å². The molecular weight excluding hydrogens is 352 g/mol. The molecule has 1 atom stereocenters. The molecule has 2 fully saturated rings. The standard InChI is InChI=1S/C19H24N2O6/c1-26-14-4-2-13(3-5-14)19(8-10-27-11-9-19)12-21-17(24)15(20-18(21)25)6-7-16(22)23/h2-5,15H,6-12H2,1H3,(H,20,25)(H,22,23). The van der Waals surface area contributed by atoms with Crippen LogP contribution < -0.4 is 10.1 Å². The molecule has 2 aliphatic rings. The van der Waals surface area contributed by atoms with Crippen molar-refractivity contribution in [3.05, 3.63) is 29.8 Å². The van der Waals surface area contributed by atoms with Gasteiger partial charge < -0.3 is 19.9 Å². The average Bonchev–Trinajstić information content (AvgIpc) is 2.94. The Morgan fingerprint density at radius 2 is 1.96 bits per heavy atom. The van der Waals surface area contributed by atoms with Gasteiger partial charge in [-0.2, -0.15) is 0 Å². The van der Waals surface area contributed by atoms with Crippen LogP contribution in [0.5, 0.6) is 5.75 Å². The van der Waals surface area contributed by atoms with Crippen LogP contribution in [0.3, 0.4) is 0 Å². The second-order valence-electron chi connectivity index (χ2n) is 6.98. The van der Waals surface area contributed by atoms with E-state index in [2.05, 4.69) is 5.32 Å². The van der Waals surface area contributed by atoms with Gasteiger partial charge in [0.1, 0.15) is 11.8 Å². The molecular formula is C19H24N2O6. The summed E-state index contributed by atoms with van der Waals surface area (Å²) in [6.07, 6.45) is 1.31. The van der Waals surface area contributed by atoms with Crippen molar-refractivity contribution in [2.45, 2.75) is 37.1 Å². The van der Waals surface area contributed by atoms with Crippen LogP contribution in [-0.4, -0.2) is 60.8 Å². The summed E-state index contributed by atoms with van der Waals surface area (Å²) in [6, 6.07) is 6.42. The van der Waals surface area contributed by atoms with Gasteiger partial charge in [-0.25, -0.2) is 4.79 Å². The van der Waals surface area contributed by atoms with Crippen LogP contribution in [0.4, 0.5) is 4.79 Å². The highest BCUT2D eigenvalue weighted by Crippen LogP contribution is 2.37. The monoisotopic (exact) mass is 376 g/mol. The predicted octanol–water partition coefficient (Wildman–Crippen LogP) is 1.53. The van der Waals surface area contributed by atoms with Crippen molar-refractivity contribution in [2.75, 3.05) is 26.9 Å². The molecule has 8 nitrogen and oxygen atoms in total. The molecule has 0 aliphatic carbocycles. The smallest absolute Gasteiger partial charge is 0.324 e. The Bertz CT molecular complexity index is 711. The fraction of sp³-hybridized carbons (Fsp3) is 0.526. The summed E-state index contributed by atoms with van der Waals surface area (Å²) in [7, 11) is 1.60. The quantitative estimate of drug-likeness (QED) is 0.699. The summed E-state index contributed by atoms with van der Waals surface area (Å²) in [5.41, 5.74) is 0.639. The number of hydrogen-bond acceptors (Lipinski definition) is 5. The molecule has 0 spiro atoms. The molecule has 1 aromatic rings. The summed E-state index contributed by atoms with van der Waals surface area (Å²) < 4.78 is 10.7. The van der Waals surface area contributed by atoms with Gasteiger partial charge in [-0.05, 0) is 37.0 Å². The third-order valence-corrected chi connectivity index (χ3v) is 5.37. The normalized spacial score (nSPS) is 21.8. The molecule has 0 radical (unpaired) electrons. The lowest BCUT2D eigenvalue weighted by Crippen LogP contribution is -2.47. The first-order chi connectivity index (χ1) is 12.9. The highest BCUT2D eigenvalue weighted by atomic mass is 16.5. The van der Waals surface area contributed by atoms with E-state index in [0.29, 0.717) is 26.1 Å². The Morgan fingerprint density at radius 1 is 1.30 bits per heavy atom. The van der Waals surface area contributed by atoms with E-state index in [1.165, 1.54) is 4.90 Å². The lowest BCUT2D eigenvalue weighted by molar-refractivity contribution is -0.137. The van der Waals surface area contributed by atoms with E-state index >= 15 is 0 Å². The number of hydrogen-bond donors (Lipinski definition) is 2. The molecule has 1 aromatic carbocycles. The Kier molecular flexibility index (Phi) is 5.65. The molecule has 1 unspecified atom stereocenters. The minimum absolute atomic E-state index is 0.0923. The van der Waals surface area contributed by atoms with Crippen molar-refractivity contribution < 1.29 is 29.0 Å². The fourth-order valence-corrected chi connectivity index (χ4v) is 3.74. The highest BCUT2D eigenvalue weighted by molar-refractivity contribution is 6.04. The van der Waals surface area contributed by atoms with Crippen molar-refractivity contribution in [3.63, 3.8) is 0 Å². The van der Waals surface area contributed by atoms with Crippen LogP contribution in [0.15, 0.2) is 24.3 Å². The number of ether oxygens (including phenoxy) is 2. The molecule has 3 rings (SSSR count). The zero-order chi connectivity index (χ0) is 19.4. The number of carboxylic acids is 1. The molecule has 0 aromatic heterocycles. The summed E-state index contributed by atoms with van der Waals surface area (Å²) in [4.78, 5) is 37.1. The van der Waals surface area contributed by atoms with Crippen LogP contribution >= 0.6 is 0 Å². The maximum Gasteiger partial charge on any atom is 0.324 e. The number of nitrogens with one attached hydrogen (secondary N) is 1. The molecule has 3 amide bonds. The largest absolute Gasteiger partial charge is 0.497 e. The number of carbonyl (C=O) groups is 3. The number of carboxylic acid groups (broad SMARTS) is 1. The summed E-state index contributed by atoms with van der Waals surface area (Å²) in [6.45, 7) is 1.35. The number of nitrogens with zero attached hydrogens (tertiary/aromatic N) is 1. The van der Waals surface area contributed by atoms with E-state index in [1.807, 2.05) is 24.3 Å². The Balaban J connectivity index is 1.80. The molecule has 0 bridgehead atoms. The fourth-order valence-electron chi connectivity index (χ4n) is 3.74. The number of aliphatic carboxylic acids is 1. The molecule has 0 saturated carbocycles. The summed E-state index contributed by atoms with van der Waals surface area (Å²) in [5.74, 6) is -0.611. The van der Waals surface area contributed by atoms with Gasteiger partial charge in [-0.15, -0.1) is 0 Å². The lowest BCUT2D eigenvalue weighted by atomic mass is 9.73. The number of urea groups is 1. The number of amides is 3. The maximum absolute atomic E-state index is 12.7. The van der Waals surface area contributed by atoms with Crippen LogP contribution in [0.25, 0.3) is 0 Å². The van der Waals surface area contributed by atoms with Gasteiger partial charge in [0.05, 0.1) is 7.11 Å². The minimum Gasteiger partial charge on any atom is -0.497 e. The van der Waals surface area contributed by atoms with E-state index < -0.39 is 18.0 Å². The Labute approximate surface area is 157 Å². The number of carbonyl (C=O) groups excluding carboxylic acids is 2. The van der Waals surface area contributed by atoms with Crippen molar-refractivity contribution in [2.24, 2.45) is 0 Å². The molecule has 2 heterocycles. The number of benzene rings is 1. The number of rotatable bonds is 7. The van der Waals surface area contributed by atoms with Gasteiger partial charge in [0.25, 0.3) is 5.91 Å². The van der Waals surface area contributed by atoms with Crippen molar-refractivity contribution >= 4 is 17.9 Å². The van der Waals surface area contributed by atoms with Gasteiger partial charge in [0.15, 0.2) is 0 Å². The van der Waals surface area contributed by atoms with Gasteiger partial charge in [0.2, 0.25) is 0 Å². The van der Waals surface area contributed by atoms with Crippen LogP contribution in [0.1, 0.15) is 31.2 Å². The first-order valence-electron chi connectivity index (χ1n) is 9.01. The number of methoxy groups -OCH3 is 1. The first-order valence-corrected chi connectivity index (χ1v) is 9.01. The number of imide groups is 1. The predicted molar refractivity (Wildman–Crippen MR) is 95.6 cm³/mol. The van der Waals surface area contributed by atoms with Crippen LogP contribution in [0.2, 0.25) is 0 Å². The SMILES string of the molecule is COc1ccc(C2(CN3C(=O)NC(CCC(=O)O)C3=O)CCOCC2)cc1. The highest BCUT2D eigenvalue weighted by Gasteiger charge is 2.44. The van der Waals surface area contributed by atoms with Crippen LogP contribution in [-0.2, 0) is 19.7 Å². The van der Waals surface area contributed by atoms with Crippen molar-refractivity contribution in [1.29, 1.82) is 0 Å². The van der Waals surface area contributed by atoms with Gasteiger partial charge in [-0.3, -0.25) is 14.5 Å². The minimum atomic E-state index is -0.991. The molecule has 2 aliphatic heterocycles. The maximum atomic E-state index is 12.7. The van der Waals surface area contributed by atoms with Crippen molar-refractivity contribution in [1.82, 2.24) is 10.2 Å². The van der Waals surface area contributed by atoms with E-state index in [-0.39, 0.29) is 30.7 Å². The second-order valence-corrected chi connectivity index (χ2v) is 6.98. The molecule has 146 valence electrons. The Morgan fingerprint density at radius 3 is 2.56 bits per heavy atom. The van der Waals surface area contributed by atoms with E-state index in [9.17, 15) is 14.4 Å². The molecule has 2 N–H and O–H groups in total. The molecule has 2 saturated heterocycles. The lowest BCUT2D eigenvalue weighted by Gasteiger charge is -2.39. The third kappa shape index (κ3) is 4.05. The van der Waals surface area contributed by atoms with E-state index in [0.717, 1.165) is 11.3 Å². The average molecular weight is 376 g/mol. The van der Waals surface area contributed by atoms with E-state index in [1.54, 1.807) is 7.11 Å². The van der Waals surface area contributed by atoms with E-state index in [4.69, 9.17) is 14.6 Å². The topological polar surface area (TPSA) is 105 Å². The van der Waals surface area contributed by atoms with Crippen LogP contribution in [0, 0.1) is 0 Å². The van der Waals surface area contributed by atoms with Crippen molar-refractivity contribution in [3.8, 4) is 5.75 Å². The first kappa shape index (κ1) is 19.2. The summed E-state index contributed by atoms with van der Waals surface area (Å²) in [5, 5.41) is 11.4. The molecule has 27 heavy (non-hydrogen) atoms. The Hall–Kier alpha value is -2.61.